The zero-order valence-electron chi connectivity index (χ0n) is 9.34. The van der Waals surface area contributed by atoms with E-state index in [9.17, 15) is 14.3 Å². The van der Waals surface area contributed by atoms with Crippen molar-refractivity contribution in [3.05, 3.63) is 39.2 Å². The van der Waals surface area contributed by atoms with Crippen molar-refractivity contribution in [1.82, 2.24) is 9.82 Å². The van der Waals surface area contributed by atoms with Gasteiger partial charge in [-0.15, -0.1) is 0 Å². The molecule has 1 atom stereocenters. The zero-order chi connectivity index (χ0) is 13.1. The lowest BCUT2D eigenvalue weighted by Crippen LogP contribution is -2.35. The van der Waals surface area contributed by atoms with Gasteiger partial charge >= 0.3 is 0 Å². The van der Waals surface area contributed by atoms with E-state index >= 15 is 0 Å². The Morgan fingerprint density at radius 2 is 2.29 bits per heavy atom. The summed E-state index contributed by atoms with van der Waals surface area (Å²) in [4.78, 5) is 16.5. The van der Waals surface area contributed by atoms with Gasteiger partial charge in [0.2, 0.25) is 0 Å². The number of nitrogens with one attached hydrogen (secondary N) is 1. The van der Waals surface area contributed by atoms with Gasteiger partial charge in [-0.25, -0.2) is 19.3 Å². The highest BCUT2D eigenvalue weighted by Gasteiger charge is 2.16. The molecule has 0 spiro atoms. The normalized spacial score (nSPS) is 13.8. The molecule has 94 valence electrons. The van der Waals surface area contributed by atoms with Crippen molar-refractivity contribution >= 4 is 26.2 Å². The van der Waals surface area contributed by atoms with E-state index in [0.717, 1.165) is 0 Å². The van der Waals surface area contributed by atoms with Gasteiger partial charge in [-0.1, -0.05) is 23.4 Å². The lowest BCUT2D eigenvalue weighted by molar-refractivity contribution is -0.518. The van der Waals surface area contributed by atoms with Crippen molar-refractivity contribution in [2.75, 3.05) is 5.75 Å². The van der Waals surface area contributed by atoms with Crippen LogP contribution in [0.3, 0.4) is 0 Å². The first-order valence-corrected chi connectivity index (χ1v) is 6.88. The summed E-state index contributed by atoms with van der Waals surface area (Å²) in [6.45, 7) is 3.19. The SMILES string of the molecule is CCS(=O)(N[N+](=O)[O-])=C(C)c1ccc(Cl)nc1. The third-order valence-electron chi connectivity index (χ3n) is 2.26. The summed E-state index contributed by atoms with van der Waals surface area (Å²) in [5.74, 6) is 0.127. The Balaban J connectivity index is 3.30. The van der Waals surface area contributed by atoms with Gasteiger partial charge in [0.05, 0.1) is 0 Å². The summed E-state index contributed by atoms with van der Waals surface area (Å²) < 4.78 is 12.3. The van der Waals surface area contributed by atoms with Gasteiger partial charge in [-0.3, -0.25) is 0 Å². The minimum atomic E-state index is -2.89. The van der Waals surface area contributed by atoms with Crippen molar-refractivity contribution in [2.45, 2.75) is 13.8 Å². The molecule has 6 nitrogen and oxygen atoms in total. The van der Waals surface area contributed by atoms with Crippen LogP contribution in [0.25, 0.3) is 0 Å². The maximum atomic E-state index is 12.3. The van der Waals surface area contributed by atoms with Crippen molar-refractivity contribution in [3.8, 4) is 0 Å². The second-order valence-electron chi connectivity index (χ2n) is 3.24. The smallest absolute Gasteiger partial charge is 0.170 e. The van der Waals surface area contributed by atoms with Gasteiger partial charge < -0.3 is 0 Å². The fraction of sp³-hybridized carbons (Fsp3) is 0.333. The Hall–Kier alpha value is -1.34. The molecule has 1 N–H and O–H groups in total. The van der Waals surface area contributed by atoms with Gasteiger partial charge in [0.15, 0.2) is 5.03 Å². The third-order valence-corrected chi connectivity index (χ3v) is 4.96. The number of rotatable bonds is 4. The van der Waals surface area contributed by atoms with Crippen LogP contribution in [0.5, 0.6) is 0 Å². The highest BCUT2D eigenvalue weighted by atomic mass is 35.5. The summed E-state index contributed by atoms with van der Waals surface area (Å²) >= 11 is 5.63. The highest BCUT2D eigenvalue weighted by molar-refractivity contribution is 8.00. The van der Waals surface area contributed by atoms with Crippen LogP contribution in [0, 0.1) is 10.1 Å². The number of hydrazine groups is 1. The van der Waals surface area contributed by atoms with Crippen molar-refractivity contribution in [1.29, 1.82) is 0 Å². The average Bonchev–Trinajstić information content (AvgIpc) is 2.28. The van der Waals surface area contributed by atoms with E-state index < -0.39 is 14.7 Å². The van der Waals surface area contributed by atoms with Crippen LogP contribution in [-0.2, 0) is 9.71 Å². The molecule has 0 fully saturated rings. The van der Waals surface area contributed by atoms with Crippen LogP contribution in [0.1, 0.15) is 19.4 Å². The predicted molar refractivity (Wildman–Crippen MR) is 67.8 cm³/mol. The Bertz CT molecular complexity index is 535. The third kappa shape index (κ3) is 3.31. The molecule has 0 radical (unpaired) electrons. The lowest BCUT2D eigenvalue weighted by atomic mass is 10.2. The number of hydrogen-bond acceptors (Lipinski definition) is 4. The summed E-state index contributed by atoms with van der Waals surface area (Å²) in [6, 6.07) is 3.17. The number of hydrogen-bond donors (Lipinski definition) is 1. The number of pyridine rings is 1. The molecule has 1 aromatic heterocycles. The fourth-order valence-electron chi connectivity index (χ4n) is 1.24. The monoisotopic (exact) mass is 277 g/mol. The zero-order valence-corrected chi connectivity index (χ0v) is 10.9. The van der Waals surface area contributed by atoms with Crippen LogP contribution in [0.4, 0.5) is 0 Å². The molecule has 0 aliphatic carbocycles. The molecule has 0 bridgehead atoms. The van der Waals surface area contributed by atoms with Gasteiger partial charge in [-0.2, -0.15) is 0 Å². The summed E-state index contributed by atoms with van der Waals surface area (Å²) in [5.41, 5.74) is 0.565. The molecule has 0 aliphatic heterocycles. The Labute approximate surface area is 104 Å². The molecule has 0 aromatic carbocycles. The van der Waals surface area contributed by atoms with Gasteiger partial charge in [0, 0.05) is 22.4 Å². The molecule has 1 unspecified atom stereocenters. The largest absolute Gasteiger partial charge is 0.244 e. The van der Waals surface area contributed by atoms with E-state index in [1.807, 2.05) is 4.83 Å². The van der Waals surface area contributed by atoms with Crippen LogP contribution < -0.4 is 4.83 Å². The number of nitro groups is 1. The standard InChI is InChI=1S/C9H12ClN3O3S/c1-3-17(16,12-13(14)15)7(2)8-4-5-9(10)11-6-8/h4-6H,3H2,1-2H3,(H,12,16). The first kappa shape index (κ1) is 13.7. The Morgan fingerprint density at radius 3 is 2.71 bits per heavy atom. The quantitative estimate of drug-likeness (QED) is 0.295. The van der Waals surface area contributed by atoms with Crippen molar-refractivity contribution in [2.24, 2.45) is 0 Å². The average molecular weight is 278 g/mol. The predicted octanol–water partition coefficient (Wildman–Crippen LogP) is 1.28. The van der Waals surface area contributed by atoms with E-state index in [-0.39, 0.29) is 5.75 Å². The van der Waals surface area contributed by atoms with Crippen molar-refractivity contribution in [3.63, 3.8) is 0 Å². The second-order valence-corrected chi connectivity index (χ2v) is 6.35. The van der Waals surface area contributed by atoms with E-state index in [2.05, 4.69) is 4.98 Å². The molecule has 17 heavy (non-hydrogen) atoms. The number of nitrogens with zero attached hydrogens (tertiary/aromatic N) is 2. The van der Waals surface area contributed by atoms with E-state index in [4.69, 9.17) is 11.6 Å². The minimum absolute atomic E-state index is 0.127. The van der Waals surface area contributed by atoms with Gasteiger partial charge in [0.25, 0.3) is 0 Å². The molecule has 1 rings (SSSR count). The van der Waals surface area contributed by atoms with E-state index in [1.54, 1.807) is 26.0 Å². The Morgan fingerprint density at radius 1 is 1.65 bits per heavy atom. The number of halogens is 1. The summed E-state index contributed by atoms with van der Waals surface area (Å²) in [6.07, 6.45) is 1.44. The Kier molecular flexibility index (Phi) is 4.30. The second kappa shape index (κ2) is 5.33. The molecule has 1 heterocycles. The van der Waals surface area contributed by atoms with E-state index in [1.165, 1.54) is 6.20 Å². The molecule has 8 heteroatoms. The minimum Gasteiger partial charge on any atom is -0.244 e. The topological polar surface area (TPSA) is 85.1 Å². The summed E-state index contributed by atoms with van der Waals surface area (Å²) in [7, 11) is -2.89. The lowest BCUT2D eigenvalue weighted by Gasteiger charge is -2.10. The first-order valence-electron chi connectivity index (χ1n) is 4.78. The molecule has 0 saturated carbocycles. The van der Waals surface area contributed by atoms with Gasteiger partial charge in [-0.05, 0) is 19.1 Å². The number of aromatic nitrogens is 1. The van der Waals surface area contributed by atoms with Crippen LogP contribution in [-0.4, -0.2) is 24.8 Å². The maximum Gasteiger partial charge on any atom is 0.170 e. The first-order chi connectivity index (χ1) is 7.89. The molecule has 1 aromatic rings. The molecule has 0 amide bonds. The molecule has 0 aliphatic rings. The van der Waals surface area contributed by atoms with Crippen LogP contribution in [0.15, 0.2) is 18.3 Å². The van der Waals surface area contributed by atoms with Gasteiger partial charge in [0.1, 0.15) is 14.9 Å². The van der Waals surface area contributed by atoms with Crippen LogP contribution in [0.2, 0.25) is 5.15 Å². The van der Waals surface area contributed by atoms with Crippen LogP contribution >= 0.6 is 11.6 Å². The maximum absolute atomic E-state index is 12.3. The summed E-state index contributed by atoms with van der Waals surface area (Å²) in [5, 5.41) is 9.95. The molecule has 0 saturated heterocycles. The highest BCUT2D eigenvalue weighted by Crippen LogP contribution is 2.08. The molecular formula is C9H12ClN3O3S. The van der Waals surface area contributed by atoms with E-state index in [0.29, 0.717) is 15.6 Å². The van der Waals surface area contributed by atoms with Crippen molar-refractivity contribution < 1.29 is 9.24 Å². The molecular weight excluding hydrogens is 266 g/mol. The fourth-order valence-corrected chi connectivity index (χ4v) is 2.80.